The number of hydrogen-bond donors (Lipinski definition) is 1. The van der Waals surface area contributed by atoms with Crippen molar-refractivity contribution >= 4 is 0 Å². The molecule has 0 atom stereocenters. The molecule has 2 aromatic rings. The largest absolute Gasteiger partial charge is 0.460 e. The summed E-state index contributed by atoms with van der Waals surface area (Å²) in [5.41, 5.74) is 2.27. The fourth-order valence-corrected chi connectivity index (χ4v) is 1.87. The van der Waals surface area contributed by atoms with Crippen LogP contribution in [0.5, 0.6) is 0 Å². The Morgan fingerprint density at radius 1 is 1.35 bits per heavy atom. The lowest BCUT2D eigenvalue weighted by Crippen LogP contribution is -2.14. The van der Waals surface area contributed by atoms with Crippen LogP contribution >= 0.6 is 0 Å². The minimum Gasteiger partial charge on any atom is -0.460 e. The summed E-state index contributed by atoms with van der Waals surface area (Å²) in [5.74, 6) is 1.90. The van der Waals surface area contributed by atoms with E-state index in [0.29, 0.717) is 6.04 Å². The molecule has 3 rings (SSSR count). The SMILES string of the molecule is Cc1ccncc1-c1ccc(CNC2CC2)o1. The summed E-state index contributed by atoms with van der Waals surface area (Å²) in [6.45, 7) is 2.89. The number of nitrogens with zero attached hydrogens (tertiary/aromatic N) is 1. The Morgan fingerprint density at radius 2 is 2.24 bits per heavy atom. The van der Waals surface area contributed by atoms with Gasteiger partial charge in [0.05, 0.1) is 6.54 Å². The van der Waals surface area contributed by atoms with E-state index >= 15 is 0 Å². The summed E-state index contributed by atoms with van der Waals surface area (Å²) in [4.78, 5) is 4.14. The second kappa shape index (κ2) is 4.34. The smallest absolute Gasteiger partial charge is 0.136 e. The monoisotopic (exact) mass is 228 g/mol. The van der Waals surface area contributed by atoms with Gasteiger partial charge in [0.15, 0.2) is 0 Å². The number of furan rings is 1. The second-order valence-corrected chi connectivity index (χ2v) is 4.61. The van der Waals surface area contributed by atoms with Crippen LogP contribution in [-0.4, -0.2) is 11.0 Å². The molecule has 0 aromatic carbocycles. The Bertz CT molecular complexity index is 514. The van der Waals surface area contributed by atoms with Crippen molar-refractivity contribution in [3.63, 3.8) is 0 Å². The maximum atomic E-state index is 5.83. The van der Waals surface area contributed by atoms with Crippen molar-refractivity contribution in [2.24, 2.45) is 0 Å². The number of nitrogens with one attached hydrogen (secondary N) is 1. The van der Waals surface area contributed by atoms with E-state index in [1.807, 2.05) is 24.4 Å². The van der Waals surface area contributed by atoms with Crippen molar-refractivity contribution in [1.82, 2.24) is 10.3 Å². The molecule has 3 nitrogen and oxygen atoms in total. The summed E-state index contributed by atoms with van der Waals surface area (Å²) >= 11 is 0. The van der Waals surface area contributed by atoms with Crippen LogP contribution < -0.4 is 5.32 Å². The third kappa shape index (κ3) is 2.39. The van der Waals surface area contributed by atoms with Crippen LogP contribution in [0.4, 0.5) is 0 Å². The molecule has 2 heterocycles. The number of pyridine rings is 1. The van der Waals surface area contributed by atoms with Crippen molar-refractivity contribution in [2.45, 2.75) is 32.4 Å². The van der Waals surface area contributed by atoms with Crippen LogP contribution in [-0.2, 0) is 6.54 Å². The van der Waals surface area contributed by atoms with E-state index < -0.39 is 0 Å². The number of aromatic nitrogens is 1. The van der Waals surface area contributed by atoms with E-state index in [1.165, 1.54) is 18.4 Å². The van der Waals surface area contributed by atoms with Crippen LogP contribution in [0.15, 0.2) is 35.0 Å². The quantitative estimate of drug-likeness (QED) is 0.874. The fraction of sp³-hybridized carbons (Fsp3) is 0.357. The lowest BCUT2D eigenvalue weighted by Gasteiger charge is -2.01. The summed E-state index contributed by atoms with van der Waals surface area (Å²) in [6.07, 6.45) is 6.26. The van der Waals surface area contributed by atoms with Gasteiger partial charge in [-0.25, -0.2) is 0 Å². The highest BCUT2D eigenvalue weighted by Crippen LogP contribution is 2.25. The van der Waals surface area contributed by atoms with Crippen molar-refractivity contribution in [2.75, 3.05) is 0 Å². The Hall–Kier alpha value is -1.61. The summed E-state index contributed by atoms with van der Waals surface area (Å²) in [6, 6.07) is 6.77. The zero-order valence-electron chi connectivity index (χ0n) is 9.94. The minimum atomic E-state index is 0.712. The molecule has 1 aliphatic rings. The molecule has 1 saturated carbocycles. The van der Waals surface area contributed by atoms with Crippen LogP contribution in [0.1, 0.15) is 24.2 Å². The molecule has 0 unspecified atom stereocenters. The van der Waals surface area contributed by atoms with Gasteiger partial charge < -0.3 is 9.73 Å². The number of hydrogen-bond acceptors (Lipinski definition) is 3. The molecule has 17 heavy (non-hydrogen) atoms. The van der Waals surface area contributed by atoms with E-state index in [2.05, 4.69) is 17.2 Å². The van der Waals surface area contributed by atoms with Crippen LogP contribution in [0.25, 0.3) is 11.3 Å². The van der Waals surface area contributed by atoms with Crippen molar-refractivity contribution in [3.8, 4) is 11.3 Å². The third-order valence-electron chi connectivity index (χ3n) is 3.11. The first-order chi connectivity index (χ1) is 8.33. The van der Waals surface area contributed by atoms with E-state index in [9.17, 15) is 0 Å². The van der Waals surface area contributed by atoms with Crippen molar-refractivity contribution in [1.29, 1.82) is 0 Å². The van der Waals surface area contributed by atoms with Gasteiger partial charge in [0.2, 0.25) is 0 Å². The Labute approximate surface area is 101 Å². The zero-order chi connectivity index (χ0) is 11.7. The lowest BCUT2D eigenvalue weighted by atomic mass is 10.1. The van der Waals surface area contributed by atoms with Crippen molar-refractivity contribution < 1.29 is 4.42 Å². The predicted octanol–water partition coefficient (Wildman–Crippen LogP) is 2.90. The number of rotatable bonds is 4. The second-order valence-electron chi connectivity index (χ2n) is 4.61. The fourth-order valence-electron chi connectivity index (χ4n) is 1.87. The van der Waals surface area contributed by atoms with Gasteiger partial charge in [-0.15, -0.1) is 0 Å². The highest BCUT2D eigenvalue weighted by molar-refractivity contribution is 5.60. The standard InChI is InChI=1S/C14H16N2O/c1-10-6-7-15-9-13(10)14-5-4-12(17-14)8-16-11-2-3-11/h4-7,9,11,16H,2-3,8H2,1H3. The molecule has 1 fully saturated rings. The van der Waals surface area contributed by atoms with Gasteiger partial charge in [0, 0.05) is 24.0 Å². The van der Waals surface area contributed by atoms with E-state index in [1.54, 1.807) is 6.20 Å². The van der Waals surface area contributed by atoms with Gasteiger partial charge in [-0.3, -0.25) is 4.98 Å². The minimum absolute atomic E-state index is 0.712. The van der Waals surface area contributed by atoms with Crippen molar-refractivity contribution in [3.05, 3.63) is 41.9 Å². The molecule has 0 saturated heterocycles. The highest BCUT2D eigenvalue weighted by Gasteiger charge is 2.20. The Kier molecular flexibility index (Phi) is 2.69. The maximum absolute atomic E-state index is 5.83. The lowest BCUT2D eigenvalue weighted by molar-refractivity contribution is 0.492. The average molecular weight is 228 g/mol. The molecule has 2 aromatic heterocycles. The van der Waals surface area contributed by atoms with E-state index in [0.717, 1.165) is 23.6 Å². The molecule has 88 valence electrons. The Balaban J connectivity index is 1.77. The predicted molar refractivity (Wildman–Crippen MR) is 66.5 cm³/mol. The van der Waals surface area contributed by atoms with Gasteiger partial charge in [-0.1, -0.05) is 0 Å². The first kappa shape index (κ1) is 10.5. The average Bonchev–Trinajstić information content (AvgIpc) is 3.06. The first-order valence-electron chi connectivity index (χ1n) is 6.06. The maximum Gasteiger partial charge on any atom is 0.136 e. The summed E-state index contributed by atoms with van der Waals surface area (Å²) < 4.78 is 5.83. The van der Waals surface area contributed by atoms with Crippen LogP contribution in [0.3, 0.4) is 0 Å². The van der Waals surface area contributed by atoms with Gasteiger partial charge in [-0.05, 0) is 43.5 Å². The third-order valence-corrected chi connectivity index (χ3v) is 3.11. The Morgan fingerprint density at radius 3 is 3.00 bits per heavy atom. The van der Waals surface area contributed by atoms with Gasteiger partial charge >= 0.3 is 0 Å². The number of aryl methyl sites for hydroxylation is 1. The molecule has 0 spiro atoms. The molecule has 1 aliphatic carbocycles. The normalized spacial score (nSPS) is 15.1. The molecule has 1 N–H and O–H groups in total. The van der Waals surface area contributed by atoms with E-state index in [-0.39, 0.29) is 0 Å². The zero-order valence-corrected chi connectivity index (χ0v) is 9.94. The molecule has 0 bridgehead atoms. The molecular weight excluding hydrogens is 212 g/mol. The topological polar surface area (TPSA) is 38.1 Å². The first-order valence-corrected chi connectivity index (χ1v) is 6.06. The molecule has 0 aliphatic heterocycles. The summed E-state index contributed by atoms with van der Waals surface area (Å²) in [5, 5.41) is 3.44. The van der Waals surface area contributed by atoms with E-state index in [4.69, 9.17) is 4.42 Å². The summed E-state index contributed by atoms with van der Waals surface area (Å²) in [7, 11) is 0. The highest BCUT2D eigenvalue weighted by atomic mass is 16.3. The van der Waals surface area contributed by atoms with Gasteiger partial charge in [0.25, 0.3) is 0 Å². The molecule has 0 radical (unpaired) electrons. The van der Waals surface area contributed by atoms with Crippen LogP contribution in [0, 0.1) is 6.92 Å². The molecule has 0 amide bonds. The van der Waals surface area contributed by atoms with Gasteiger partial charge in [0.1, 0.15) is 11.5 Å². The molecular formula is C14H16N2O. The molecule has 3 heteroatoms. The van der Waals surface area contributed by atoms with Gasteiger partial charge in [-0.2, -0.15) is 0 Å². The van der Waals surface area contributed by atoms with Crippen LogP contribution in [0.2, 0.25) is 0 Å².